The van der Waals surface area contributed by atoms with E-state index in [1.54, 1.807) is 12.1 Å². The Morgan fingerprint density at radius 2 is 2.18 bits per heavy atom. The molecular formula is C14H13F2N3O3. The Bertz CT molecular complexity index is 685. The minimum atomic E-state index is -2.75. The number of amides is 1. The van der Waals surface area contributed by atoms with E-state index in [4.69, 9.17) is 4.74 Å². The van der Waals surface area contributed by atoms with Crippen molar-refractivity contribution >= 4 is 17.6 Å². The van der Waals surface area contributed by atoms with Crippen LogP contribution >= 0.6 is 0 Å². The van der Waals surface area contributed by atoms with Crippen LogP contribution in [0.2, 0.25) is 0 Å². The lowest BCUT2D eigenvalue weighted by molar-refractivity contribution is -0.114. The highest BCUT2D eigenvalue weighted by atomic mass is 19.3. The van der Waals surface area contributed by atoms with E-state index in [-0.39, 0.29) is 23.9 Å². The largest absolute Gasteiger partial charge is 0.454 e. The van der Waals surface area contributed by atoms with Gasteiger partial charge in [0, 0.05) is 25.0 Å². The lowest BCUT2D eigenvalue weighted by atomic mass is 10.2. The number of nitrogens with one attached hydrogen (secondary N) is 1. The molecule has 1 aromatic carbocycles. The van der Waals surface area contributed by atoms with Crippen LogP contribution in [0.25, 0.3) is 0 Å². The van der Waals surface area contributed by atoms with E-state index in [2.05, 4.69) is 10.3 Å². The van der Waals surface area contributed by atoms with Crippen molar-refractivity contribution in [3.05, 3.63) is 48.0 Å². The number of rotatable bonds is 5. The van der Waals surface area contributed by atoms with Crippen LogP contribution in [0.1, 0.15) is 29.7 Å². The predicted octanol–water partition coefficient (Wildman–Crippen LogP) is 2.59. The monoisotopic (exact) mass is 309 g/mol. The molecule has 0 unspecified atom stereocenters. The molecular weight excluding hydrogens is 296 g/mol. The molecule has 0 aliphatic rings. The number of carbonyl (C=O) groups is 2. The van der Waals surface area contributed by atoms with Gasteiger partial charge in [-0.1, -0.05) is 6.07 Å². The second kappa shape index (κ2) is 6.79. The van der Waals surface area contributed by atoms with E-state index in [1.165, 1.54) is 25.3 Å². The molecule has 1 N–H and O–H groups in total. The summed E-state index contributed by atoms with van der Waals surface area (Å²) in [6, 6.07) is 6.11. The second-order valence-corrected chi connectivity index (χ2v) is 4.37. The molecule has 0 radical (unpaired) electrons. The highest BCUT2D eigenvalue weighted by Gasteiger charge is 2.14. The number of nitrogens with zero attached hydrogens (tertiary/aromatic N) is 2. The molecule has 2 rings (SSSR count). The van der Waals surface area contributed by atoms with Gasteiger partial charge in [-0.2, -0.15) is 8.78 Å². The van der Waals surface area contributed by atoms with Gasteiger partial charge in [0.2, 0.25) is 5.91 Å². The Kier molecular flexibility index (Phi) is 4.82. The van der Waals surface area contributed by atoms with Gasteiger partial charge >= 0.3 is 12.5 Å². The third-order valence-electron chi connectivity index (χ3n) is 2.71. The first-order chi connectivity index (χ1) is 10.5. The van der Waals surface area contributed by atoms with Crippen LogP contribution in [0, 0.1) is 0 Å². The van der Waals surface area contributed by atoms with E-state index in [0.717, 1.165) is 6.20 Å². The van der Waals surface area contributed by atoms with Crippen LogP contribution in [0.15, 0.2) is 36.7 Å². The first kappa shape index (κ1) is 15.6. The number of imidazole rings is 1. The number of ether oxygens (including phenoxy) is 1. The van der Waals surface area contributed by atoms with Gasteiger partial charge in [0.1, 0.15) is 6.61 Å². The molecule has 22 heavy (non-hydrogen) atoms. The number of anilines is 1. The van der Waals surface area contributed by atoms with E-state index >= 15 is 0 Å². The molecule has 0 bridgehead atoms. The zero-order chi connectivity index (χ0) is 16.1. The fraction of sp³-hybridized carbons (Fsp3) is 0.214. The maximum atomic E-state index is 12.6. The maximum absolute atomic E-state index is 12.6. The van der Waals surface area contributed by atoms with E-state index in [0.29, 0.717) is 10.3 Å². The Balaban J connectivity index is 2.03. The fourth-order valence-corrected chi connectivity index (χ4v) is 1.77. The summed E-state index contributed by atoms with van der Waals surface area (Å²) in [7, 11) is 0. The van der Waals surface area contributed by atoms with Crippen LogP contribution in [0.5, 0.6) is 0 Å². The van der Waals surface area contributed by atoms with Crippen LogP contribution in [-0.2, 0) is 16.1 Å². The number of hydrogen-bond donors (Lipinski definition) is 1. The van der Waals surface area contributed by atoms with Gasteiger partial charge in [0.15, 0.2) is 5.82 Å². The minimum Gasteiger partial charge on any atom is -0.454 e. The number of hydrogen-bond acceptors (Lipinski definition) is 4. The number of halogens is 2. The van der Waals surface area contributed by atoms with Gasteiger partial charge in [0.25, 0.3) is 0 Å². The highest BCUT2D eigenvalue weighted by Crippen LogP contribution is 2.15. The van der Waals surface area contributed by atoms with E-state index in [9.17, 15) is 18.4 Å². The molecule has 1 amide bonds. The van der Waals surface area contributed by atoms with Crippen molar-refractivity contribution in [2.75, 3.05) is 5.32 Å². The lowest BCUT2D eigenvalue weighted by Gasteiger charge is -2.08. The van der Waals surface area contributed by atoms with Crippen LogP contribution in [0.3, 0.4) is 0 Å². The van der Waals surface area contributed by atoms with Crippen molar-refractivity contribution in [2.45, 2.75) is 20.1 Å². The number of benzene rings is 1. The smallest absolute Gasteiger partial charge is 0.338 e. The zero-order valence-electron chi connectivity index (χ0n) is 11.6. The Labute approximate surface area is 124 Å². The summed E-state index contributed by atoms with van der Waals surface area (Å²) >= 11 is 0. The Morgan fingerprint density at radius 1 is 1.41 bits per heavy atom. The third-order valence-corrected chi connectivity index (χ3v) is 2.71. The van der Waals surface area contributed by atoms with Gasteiger partial charge in [-0.25, -0.2) is 9.78 Å². The van der Waals surface area contributed by atoms with Crippen molar-refractivity contribution in [1.82, 2.24) is 9.55 Å². The summed E-state index contributed by atoms with van der Waals surface area (Å²) in [6.07, 6.45) is 2.30. The molecule has 1 aromatic heterocycles. The summed E-state index contributed by atoms with van der Waals surface area (Å²) in [4.78, 5) is 26.6. The van der Waals surface area contributed by atoms with Crippen molar-refractivity contribution < 1.29 is 23.1 Å². The van der Waals surface area contributed by atoms with Gasteiger partial charge in [-0.15, -0.1) is 0 Å². The van der Waals surface area contributed by atoms with Gasteiger partial charge in [-0.3, -0.25) is 9.36 Å². The standard InChI is InChI=1S/C14H13F2N3O3/c1-9(20)18-11-4-2-3-10(7-11)13(21)22-8-12-17-5-6-19(12)14(15)16/h2-7,14H,8H2,1H3,(H,18,20). The molecule has 1 heterocycles. The zero-order valence-corrected chi connectivity index (χ0v) is 11.6. The summed E-state index contributed by atoms with van der Waals surface area (Å²) < 4.78 is 30.8. The lowest BCUT2D eigenvalue weighted by Crippen LogP contribution is -2.11. The number of aromatic nitrogens is 2. The Hall–Kier alpha value is -2.77. The minimum absolute atomic E-state index is 0.0543. The summed E-state index contributed by atoms with van der Waals surface area (Å²) in [5.41, 5.74) is 0.637. The van der Waals surface area contributed by atoms with Crippen LogP contribution in [-0.4, -0.2) is 21.4 Å². The van der Waals surface area contributed by atoms with Gasteiger partial charge in [0.05, 0.1) is 5.56 Å². The summed E-state index contributed by atoms with van der Waals surface area (Å²) in [5.74, 6) is -1.03. The average Bonchev–Trinajstić information content (AvgIpc) is 2.93. The Morgan fingerprint density at radius 3 is 2.86 bits per heavy atom. The molecule has 8 heteroatoms. The van der Waals surface area contributed by atoms with Crippen molar-refractivity contribution in [3.8, 4) is 0 Å². The van der Waals surface area contributed by atoms with E-state index in [1.807, 2.05) is 0 Å². The fourth-order valence-electron chi connectivity index (χ4n) is 1.77. The number of alkyl halides is 2. The third kappa shape index (κ3) is 3.87. The first-order valence-corrected chi connectivity index (χ1v) is 6.32. The SMILES string of the molecule is CC(=O)Nc1cccc(C(=O)OCc2nccn2C(F)F)c1. The maximum Gasteiger partial charge on any atom is 0.338 e. The summed E-state index contributed by atoms with van der Waals surface area (Å²) in [5, 5.41) is 2.53. The molecule has 0 fully saturated rings. The molecule has 0 saturated heterocycles. The van der Waals surface area contributed by atoms with Crippen LogP contribution in [0.4, 0.5) is 14.5 Å². The second-order valence-electron chi connectivity index (χ2n) is 4.37. The van der Waals surface area contributed by atoms with E-state index < -0.39 is 12.5 Å². The predicted molar refractivity (Wildman–Crippen MR) is 73.3 cm³/mol. The molecule has 2 aromatic rings. The van der Waals surface area contributed by atoms with Gasteiger partial charge in [-0.05, 0) is 18.2 Å². The number of carbonyl (C=O) groups excluding carboxylic acids is 2. The molecule has 0 aliphatic heterocycles. The first-order valence-electron chi connectivity index (χ1n) is 6.32. The molecule has 6 nitrogen and oxygen atoms in total. The summed E-state index contributed by atoms with van der Waals surface area (Å²) in [6.45, 7) is -1.78. The van der Waals surface area contributed by atoms with Crippen molar-refractivity contribution in [2.24, 2.45) is 0 Å². The topological polar surface area (TPSA) is 73.2 Å². The average molecular weight is 309 g/mol. The normalized spacial score (nSPS) is 10.5. The highest BCUT2D eigenvalue weighted by molar-refractivity contribution is 5.93. The number of esters is 1. The molecule has 0 spiro atoms. The molecule has 0 aliphatic carbocycles. The molecule has 0 atom stereocenters. The van der Waals surface area contributed by atoms with Gasteiger partial charge < -0.3 is 10.1 Å². The molecule has 116 valence electrons. The quantitative estimate of drug-likeness (QED) is 0.862. The molecule has 0 saturated carbocycles. The van der Waals surface area contributed by atoms with Crippen LogP contribution < -0.4 is 5.32 Å². The van der Waals surface area contributed by atoms with Crippen molar-refractivity contribution in [3.63, 3.8) is 0 Å². The van der Waals surface area contributed by atoms with Crippen molar-refractivity contribution in [1.29, 1.82) is 0 Å².